The van der Waals surface area contributed by atoms with Crippen LogP contribution in [0.5, 0.6) is 0 Å². The van der Waals surface area contributed by atoms with Gasteiger partial charge in [-0.1, -0.05) is 32.4 Å². The predicted molar refractivity (Wildman–Crippen MR) is 87.4 cm³/mol. The minimum atomic E-state index is 0.616. The Hall–Kier alpha value is -1.77. The summed E-state index contributed by atoms with van der Waals surface area (Å²) in [6, 6.07) is 11.4. The van der Waals surface area contributed by atoms with E-state index in [9.17, 15) is 0 Å². The van der Waals surface area contributed by atoms with Gasteiger partial charge in [-0.25, -0.2) is 0 Å². The highest BCUT2D eigenvalue weighted by Gasteiger charge is 2.25. The van der Waals surface area contributed by atoms with Gasteiger partial charge in [-0.05, 0) is 48.4 Å². The summed E-state index contributed by atoms with van der Waals surface area (Å²) in [5.41, 5.74) is 2.53. The van der Waals surface area contributed by atoms with Crippen molar-refractivity contribution in [2.24, 2.45) is 11.8 Å². The van der Waals surface area contributed by atoms with E-state index < -0.39 is 0 Å². The Kier molecular flexibility index (Phi) is 4.28. The van der Waals surface area contributed by atoms with E-state index in [2.05, 4.69) is 48.5 Å². The van der Waals surface area contributed by atoms with Gasteiger partial charge in [-0.15, -0.1) is 0 Å². The molecule has 3 nitrogen and oxygen atoms in total. The number of anilines is 1. The summed E-state index contributed by atoms with van der Waals surface area (Å²) in [5, 5.41) is 7.97. The van der Waals surface area contributed by atoms with Crippen LogP contribution >= 0.6 is 0 Å². The van der Waals surface area contributed by atoms with Crippen LogP contribution in [0.4, 0.5) is 5.69 Å². The van der Waals surface area contributed by atoms with Crippen LogP contribution in [0, 0.1) is 11.8 Å². The van der Waals surface area contributed by atoms with E-state index >= 15 is 0 Å². The maximum absolute atomic E-state index is 4.25. The van der Waals surface area contributed by atoms with Crippen LogP contribution in [0.1, 0.15) is 38.7 Å². The molecular weight excluding hydrogens is 258 g/mol. The number of benzene rings is 1. The molecule has 1 aromatic carbocycles. The second-order valence-corrected chi connectivity index (χ2v) is 6.55. The number of rotatable bonds is 4. The molecule has 112 valence electrons. The van der Waals surface area contributed by atoms with E-state index in [1.54, 1.807) is 0 Å². The maximum atomic E-state index is 4.25. The lowest BCUT2D eigenvalue weighted by Gasteiger charge is -2.34. The number of aromatic nitrogens is 2. The predicted octanol–water partition coefficient (Wildman–Crippen LogP) is 4.17. The largest absolute Gasteiger partial charge is 0.382 e. The molecule has 1 fully saturated rings. The van der Waals surface area contributed by atoms with Crippen molar-refractivity contribution in [1.82, 2.24) is 9.78 Å². The Labute approximate surface area is 127 Å². The Morgan fingerprint density at radius 1 is 1.19 bits per heavy atom. The number of hydrogen-bond donors (Lipinski definition) is 1. The molecule has 0 spiro atoms. The SMILES string of the molecule is CC1CCC(C)C(Nc2ccc(Cn3cccn3)cc2)C1. The van der Waals surface area contributed by atoms with Crippen LogP contribution in [0.2, 0.25) is 0 Å². The third-order valence-electron chi connectivity index (χ3n) is 4.67. The summed E-state index contributed by atoms with van der Waals surface area (Å²) in [6.07, 6.45) is 7.83. The molecule has 3 unspecified atom stereocenters. The van der Waals surface area contributed by atoms with Crippen LogP contribution in [-0.4, -0.2) is 15.8 Å². The Bertz CT molecular complexity index is 544. The summed E-state index contributed by atoms with van der Waals surface area (Å²) in [4.78, 5) is 0. The monoisotopic (exact) mass is 283 g/mol. The molecule has 3 rings (SSSR count). The highest BCUT2D eigenvalue weighted by Crippen LogP contribution is 2.30. The third-order valence-corrected chi connectivity index (χ3v) is 4.67. The van der Waals surface area contributed by atoms with Crippen molar-refractivity contribution in [2.75, 3.05) is 5.32 Å². The van der Waals surface area contributed by atoms with Gasteiger partial charge in [0.25, 0.3) is 0 Å². The molecule has 0 bridgehead atoms. The van der Waals surface area contributed by atoms with Gasteiger partial charge in [0.05, 0.1) is 6.54 Å². The molecule has 0 radical (unpaired) electrons. The van der Waals surface area contributed by atoms with E-state index in [1.165, 1.54) is 30.5 Å². The molecule has 1 N–H and O–H groups in total. The topological polar surface area (TPSA) is 29.9 Å². The zero-order chi connectivity index (χ0) is 14.7. The second kappa shape index (κ2) is 6.33. The molecule has 0 saturated heterocycles. The normalized spacial score (nSPS) is 25.7. The number of nitrogens with zero attached hydrogens (tertiary/aromatic N) is 2. The van der Waals surface area contributed by atoms with E-state index in [0.29, 0.717) is 6.04 Å². The van der Waals surface area contributed by atoms with Crippen LogP contribution in [0.25, 0.3) is 0 Å². The first-order chi connectivity index (χ1) is 10.2. The van der Waals surface area contributed by atoms with Gasteiger partial charge in [0, 0.05) is 24.1 Å². The first-order valence-corrected chi connectivity index (χ1v) is 8.03. The van der Waals surface area contributed by atoms with Gasteiger partial charge in [0.15, 0.2) is 0 Å². The summed E-state index contributed by atoms with van der Waals surface area (Å²) >= 11 is 0. The summed E-state index contributed by atoms with van der Waals surface area (Å²) < 4.78 is 1.95. The quantitative estimate of drug-likeness (QED) is 0.912. The minimum absolute atomic E-state index is 0.616. The summed E-state index contributed by atoms with van der Waals surface area (Å²) in [7, 11) is 0. The Morgan fingerprint density at radius 3 is 2.71 bits per heavy atom. The average Bonchev–Trinajstić information content (AvgIpc) is 2.98. The van der Waals surface area contributed by atoms with E-state index in [1.807, 2.05) is 23.1 Å². The maximum Gasteiger partial charge on any atom is 0.0659 e. The molecule has 3 heteroatoms. The minimum Gasteiger partial charge on any atom is -0.382 e. The van der Waals surface area contributed by atoms with Crippen molar-refractivity contribution < 1.29 is 0 Å². The highest BCUT2D eigenvalue weighted by molar-refractivity contribution is 5.45. The van der Waals surface area contributed by atoms with Gasteiger partial charge < -0.3 is 5.32 Å². The zero-order valence-electron chi connectivity index (χ0n) is 13.0. The lowest BCUT2D eigenvalue weighted by atomic mass is 9.80. The molecule has 1 aliphatic carbocycles. The molecule has 0 amide bonds. The molecule has 21 heavy (non-hydrogen) atoms. The fourth-order valence-corrected chi connectivity index (χ4v) is 3.23. The zero-order valence-corrected chi connectivity index (χ0v) is 13.0. The van der Waals surface area contributed by atoms with Crippen LogP contribution in [-0.2, 0) is 6.54 Å². The molecule has 1 saturated carbocycles. The first-order valence-electron chi connectivity index (χ1n) is 8.03. The number of hydrogen-bond acceptors (Lipinski definition) is 2. The summed E-state index contributed by atoms with van der Waals surface area (Å²) in [6.45, 7) is 5.58. The van der Waals surface area contributed by atoms with E-state index in [-0.39, 0.29) is 0 Å². The van der Waals surface area contributed by atoms with Crippen molar-refractivity contribution in [3.8, 4) is 0 Å². The van der Waals surface area contributed by atoms with Gasteiger partial charge in [0.2, 0.25) is 0 Å². The summed E-state index contributed by atoms with van der Waals surface area (Å²) in [5.74, 6) is 1.61. The smallest absolute Gasteiger partial charge is 0.0659 e. The van der Waals surface area contributed by atoms with Crippen LogP contribution < -0.4 is 5.32 Å². The van der Waals surface area contributed by atoms with Crippen LogP contribution in [0.3, 0.4) is 0 Å². The van der Waals surface area contributed by atoms with Gasteiger partial charge >= 0.3 is 0 Å². The first kappa shape index (κ1) is 14.2. The van der Waals surface area contributed by atoms with Crippen molar-refractivity contribution in [1.29, 1.82) is 0 Å². The van der Waals surface area contributed by atoms with Crippen molar-refractivity contribution in [3.63, 3.8) is 0 Å². The lowest BCUT2D eigenvalue weighted by Crippen LogP contribution is -2.33. The highest BCUT2D eigenvalue weighted by atomic mass is 15.3. The van der Waals surface area contributed by atoms with Crippen molar-refractivity contribution >= 4 is 5.69 Å². The van der Waals surface area contributed by atoms with Gasteiger partial charge in [0.1, 0.15) is 0 Å². The molecule has 1 aromatic heterocycles. The standard InChI is InChI=1S/C18H25N3/c1-14-4-5-15(2)18(12-14)20-17-8-6-16(7-9-17)13-21-11-3-10-19-21/h3,6-11,14-15,18,20H,4-5,12-13H2,1-2H3. The van der Waals surface area contributed by atoms with Crippen molar-refractivity contribution in [3.05, 3.63) is 48.3 Å². The Balaban J connectivity index is 1.61. The number of nitrogens with one attached hydrogen (secondary N) is 1. The average molecular weight is 283 g/mol. The van der Waals surface area contributed by atoms with Gasteiger partial charge in [-0.2, -0.15) is 5.10 Å². The fourth-order valence-electron chi connectivity index (χ4n) is 3.23. The molecular formula is C18H25N3. The fraction of sp³-hybridized carbons (Fsp3) is 0.500. The lowest BCUT2D eigenvalue weighted by molar-refractivity contribution is 0.281. The molecule has 1 heterocycles. The van der Waals surface area contributed by atoms with Gasteiger partial charge in [-0.3, -0.25) is 4.68 Å². The molecule has 1 aliphatic rings. The van der Waals surface area contributed by atoms with E-state index in [0.717, 1.165) is 18.4 Å². The Morgan fingerprint density at radius 2 is 2.00 bits per heavy atom. The molecule has 0 aliphatic heterocycles. The second-order valence-electron chi connectivity index (χ2n) is 6.55. The molecule has 3 atom stereocenters. The van der Waals surface area contributed by atoms with Crippen LogP contribution in [0.15, 0.2) is 42.7 Å². The molecule has 2 aromatic rings. The third kappa shape index (κ3) is 3.66. The van der Waals surface area contributed by atoms with E-state index in [4.69, 9.17) is 0 Å². The van der Waals surface area contributed by atoms with Crippen molar-refractivity contribution in [2.45, 2.75) is 45.7 Å².